The number of hydrogen-bond acceptors (Lipinski definition) is 5. The van der Waals surface area contributed by atoms with Gasteiger partial charge in [0.15, 0.2) is 0 Å². The molecule has 2 fully saturated rings. The summed E-state index contributed by atoms with van der Waals surface area (Å²) in [7, 11) is 0. The van der Waals surface area contributed by atoms with Crippen molar-refractivity contribution in [2.75, 3.05) is 6.54 Å². The lowest BCUT2D eigenvalue weighted by Gasteiger charge is -2.29. The number of ketones is 1. The fraction of sp³-hybridized carbons (Fsp3) is 0.417. The quantitative estimate of drug-likeness (QED) is 0.273. The van der Waals surface area contributed by atoms with E-state index in [-0.39, 0.29) is 11.9 Å². The molecule has 7 nitrogen and oxygen atoms in total. The Balaban J connectivity index is 1.26. The van der Waals surface area contributed by atoms with Gasteiger partial charge in [0, 0.05) is 19.1 Å². The Morgan fingerprint density at radius 3 is 2.14 bits per heavy atom. The van der Waals surface area contributed by atoms with Crippen molar-refractivity contribution in [3.63, 3.8) is 0 Å². The first-order chi connectivity index (χ1) is 21.1. The molecule has 3 aromatic rings. The number of para-hydroxylation sites is 1. The number of ether oxygens (including phenoxy) is 1. The molecule has 0 unspecified atom stereocenters. The number of hydrogen-bond donors (Lipinski definition) is 2. The van der Waals surface area contributed by atoms with Gasteiger partial charge in [0.2, 0.25) is 11.7 Å². The van der Waals surface area contributed by atoms with E-state index < -0.39 is 23.8 Å². The minimum atomic E-state index is -0.719. The summed E-state index contributed by atoms with van der Waals surface area (Å²) in [6, 6.07) is 26.1. The van der Waals surface area contributed by atoms with Crippen molar-refractivity contribution in [1.29, 1.82) is 0 Å². The molecule has 43 heavy (non-hydrogen) atoms. The Bertz CT molecular complexity index is 1340. The lowest BCUT2D eigenvalue weighted by atomic mass is 9.96. The van der Waals surface area contributed by atoms with Crippen LogP contribution < -0.4 is 15.4 Å². The van der Waals surface area contributed by atoms with Crippen LogP contribution in [-0.2, 0) is 27.3 Å². The summed E-state index contributed by atoms with van der Waals surface area (Å²) in [6.45, 7) is 0.920. The molecule has 7 heteroatoms. The molecule has 1 saturated carbocycles. The maximum atomic E-state index is 14.0. The van der Waals surface area contributed by atoms with Crippen LogP contribution in [0.15, 0.2) is 84.9 Å². The van der Waals surface area contributed by atoms with Gasteiger partial charge in [-0.1, -0.05) is 92.8 Å². The summed E-state index contributed by atoms with van der Waals surface area (Å²) in [5, 5.41) is 6.47. The van der Waals surface area contributed by atoms with Gasteiger partial charge in [0.1, 0.15) is 17.5 Å². The number of nitrogens with one attached hydrogen (secondary N) is 2. The van der Waals surface area contributed by atoms with Crippen LogP contribution in [0.4, 0.5) is 0 Å². The third-order valence-corrected chi connectivity index (χ3v) is 8.51. The molecule has 3 aromatic carbocycles. The highest BCUT2D eigenvalue weighted by Gasteiger charge is 2.39. The Morgan fingerprint density at radius 1 is 0.744 bits per heavy atom. The van der Waals surface area contributed by atoms with Crippen molar-refractivity contribution >= 4 is 17.6 Å². The lowest BCUT2D eigenvalue weighted by Crippen LogP contribution is -2.54. The molecular weight excluding hydrogens is 538 g/mol. The molecule has 2 atom stereocenters. The molecule has 2 amide bonds. The number of Topliss-reactive ketones (excluding diaryl/α,β-unsaturated/α-hetero) is 1. The minimum Gasteiger partial charge on any atom is -0.457 e. The number of rotatable bonds is 11. The van der Waals surface area contributed by atoms with Crippen molar-refractivity contribution in [2.24, 2.45) is 0 Å². The van der Waals surface area contributed by atoms with E-state index in [4.69, 9.17) is 4.74 Å². The fourth-order valence-corrected chi connectivity index (χ4v) is 6.19. The standard InChI is InChI=1S/C36H43N3O4/c40-34(35(41)38-29-17-8-2-1-3-9-18-29)33-22-13-23-39(33)36(42)32(25-27-14-6-4-7-15-27)37-26-28-16-12-21-31(24-28)43-30-19-10-5-11-20-30/h4-7,10-12,14-16,19-21,24,29,32-33,37H,1-3,8-9,13,17-18,22-23,25-26H2,(H,38,41)/t32-,33-/m0/s1. The van der Waals surface area contributed by atoms with E-state index in [9.17, 15) is 14.4 Å². The van der Waals surface area contributed by atoms with Gasteiger partial charge in [-0.05, 0) is 67.5 Å². The van der Waals surface area contributed by atoms with Gasteiger partial charge in [0.25, 0.3) is 5.91 Å². The van der Waals surface area contributed by atoms with E-state index in [0.29, 0.717) is 32.4 Å². The number of benzene rings is 3. The van der Waals surface area contributed by atoms with Crippen molar-refractivity contribution < 1.29 is 19.1 Å². The van der Waals surface area contributed by atoms with Gasteiger partial charge in [-0.25, -0.2) is 0 Å². The van der Waals surface area contributed by atoms with Crippen molar-refractivity contribution in [3.8, 4) is 11.5 Å². The van der Waals surface area contributed by atoms with E-state index in [1.54, 1.807) is 4.90 Å². The van der Waals surface area contributed by atoms with Crippen LogP contribution in [0, 0.1) is 0 Å². The first-order valence-electron chi connectivity index (χ1n) is 15.8. The van der Waals surface area contributed by atoms with Crippen LogP contribution in [0.1, 0.15) is 68.9 Å². The van der Waals surface area contributed by atoms with Crippen LogP contribution in [0.25, 0.3) is 0 Å². The van der Waals surface area contributed by atoms with Crippen LogP contribution >= 0.6 is 0 Å². The summed E-state index contributed by atoms with van der Waals surface area (Å²) in [5.74, 6) is 0.301. The SMILES string of the molecule is O=C(NC1CCCCCCC1)C(=O)[C@@H]1CCCN1C(=O)[C@H](Cc1ccccc1)NCc1cccc(Oc2ccccc2)c1. The predicted molar refractivity (Wildman–Crippen MR) is 168 cm³/mol. The van der Waals surface area contributed by atoms with E-state index in [0.717, 1.165) is 48.3 Å². The van der Waals surface area contributed by atoms with E-state index >= 15 is 0 Å². The molecule has 2 N–H and O–H groups in total. The van der Waals surface area contributed by atoms with Crippen LogP contribution in [-0.4, -0.2) is 47.2 Å². The monoisotopic (exact) mass is 581 g/mol. The topological polar surface area (TPSA) is 87.7 Å². The van der Waals surface area contributed by atoms with Crippen LogP contribution in [0.2, 0.25) is 0 Å². The van der Waals surface area contributed by atoms with Crippen molar-refractivity contribution in [1.82, 2.24) is 15.5 Å². The maximum absolute atomic E-state index is 14.0. The summed E-state index contributed by atoms with van der Waals surface area (Å²) >= 11 is 0. The third-order valence-electron chi connectivity index (χ3n) is 8.51. The third kappa shape index (κ3) is 8.77. The van der Waals surface area contributed by atoms with Crippen LogP contribution in [0.3, 0.4) is 0 Å². The molecule has 0 bridgehead atoms. The van der Waals surface area contributed by atoms with Gasteiger partial charge in [-0.2, -0.15) is 0 Å². The average Bonchev–Trinajstić information content (AvgIpc) is 3.51. The van der Waals surface area contributed by atoms with Crippen LogP contribution in [0.5, 0.6) is 11.5 Å². The van der Waals surface area contributed by atoms with E-state index in [2.05, 4.69) is 10.6 Å². The van der Waals surface area contributed by atoms with Gasteiger partial charge in [0.05, 0.1) is 6.04 Å². The smallest absolute Gasteiger partial charge is 0.289 e. The summed E-state index contributed by atoms with van der Waals surface area (Å²) < 4.78 is 6.00. The molecule has 1 heterocycles. The number of amides is 2. The highest BCUT2D eigenvalue weighted by molar-refractivity contribution is 6.38. The van der Waals surface area contributed by atoms with Gasteiger partial charge < -0.3 is 20.3 Å². The lowest BCUT2D eigenvalue weighted by molar-refractivity contribution is -0.145. The Kier molecular flexibility index (Phi) is 11.0. The first-order valence-corrected chi connectivity index (χ1v) is 15.8. The highest BCUT2D eigenvalue weighted by Crippen LogP contribution is 2.24. The highest BCUT2D eigenvalue weighted by atomic mass is 16.5. The molecule has 0 aromatic heterocycles. The molecule has 1 aliphatic carbocycles. The molecule has 226 valence electrons. The zero-order valence-electron chi connectivity index (χ0n) is 24.9. The zero-order valence-corrected chi connectivity index (χ0v) is 24.9. The number of nitrogens with zero attached hydrogens (tertiary/aromatic N) is 1. The first kappa shape index (κ1) is 30.5. The second-order valence-corrected chi connectivity index (χ2v) is 11.8. The molecule has 5 rings (SSSR count). The molecule has 0 spiro atoms. The molecular formula is C36H43N3O4. The van der Waals surface area contributed by atoms with E-state index in [1.807, 2.05) is 84.9 Å². The normalized spacial score (nSPS) is 18.3. The summed E-state index contributed by atoms with van der Waals surface area (Å²) in [5.41, 5.74) is 2.01. The van der Waals surface area contributed by atoms with Gasteiger partial charge in [-0.3, -0.25) is 14.4 Å². The zero-order chi connectivity index (χ0) is 29.9. The second kappa shape index (κ2) is 15.5. The largest absolute Gasteiger partial charge is 0.457 e. The molecule has 1 saturated heterocycles. The molecule has 1 aliphatic heterocycles. The summed E-state index contributed by atoms with van der Waals surface area (Å²) in [4.78, 5) is 42.1. The number of likely N-dealkylation sites (tertiary alicyclic amines) is 1. The Morgan fingerprint density at radius 2 is 1.40 bits per heavy atom. The van der Waals surface area contributed by atoms with Crippen molar-refractivity contribution in [2.45, 2.75) is 88.9 Å². The van der Waals surface area contributed by atoms with Crippen molar-refractivity contribution in [3.05, 3.63) is 96.1 Å². The van der Waals surface area contributed by atoms with Gasteiger partial charge >= 0.3 is 0 Å². The summed E-state index contributed by atoms with van der Waals surface area (Å²) in [6.07, 6.45) is 9.24. The molecule has 0 radical (unpaired) electrons. The maximum Gasteiger partial charge on any atom is 0.289 e. The second-order valence-electron chi connectivity index (χ2n) is 11.8. The Hall–Kier alpha value is -3.97. The number of carbonyl (C=O) groups is 3. The van der Waals surface area contributed by atoms with E-state index in [1.165, 1.54) is 19.3 Å². The predicted octanol–water partition coefficient (Wildman–Crippen LogP) is 5.97. The fourth-order valence-electron chi connectivity index (χ4n) is 6.19. The number of carbonyl (C=O) groups excluding carboxylic acids is 3. The van der Waals surface area contributed by atoms with Gasteiger partial charge in [-0.15, -0.1) is 0 Å². The average molecular weight is 582 g/mol. The molecule has 2 aliphatic rings. The Labute approximate surface area is 255 Å². The minimum absolute atomic E-state index is 0.0384.